The summed E-state index contributed by atoms with van der Waals surface area (Å²) in [5.74, 6) is 0.696. The molecule has 0 spiro atoms. The maximum absolute atomic E-state index is 5.19. The van der Waals surface area contributed by atoms with Gasteiger partial charge < -0.3 is 14.9 Å². The Hall–Kier alpha value is -1.84. The lowest BCUT2D eigenvalue weighted by Gasteiger charge is -2.16. The minimum atomic E-state index is 0.696. The van der Waals surface area contributed by atoms with Crippen LogP contribution in [0.2, 0.25) is 0 Å². The van der Waals surface area contributed by atoms with Crippen LogP contribution in [-0.2, 0) is 9.57 Å². The molecule has 0 radical (unpaired) electrons. The van der Waals surface area contributed by atoms with Crippen LogP contribution in [0.25, 0.3) is 0 Å². The van der Waals surface area contributed by atoms with E-state index in [1.807, 2.05) is 6.08 Å². The highest BCUT2D eigenvalue weighted by Crippen LogP contribution is 2.12. The summed E-state index contributed by atoms with van der Waals surface area (Å²) in [6.07, 6.45) is 10.2. The van der Waals surface area contributed by atoms with Crippen molar-refractivity contribution in [2.75, 3.05) is 0 Å². The Balaban J connectivity index is 2.13. The molecule has 0 atom stereocenters. The molecule has 4 heteroatoms. The van der Waals surface area contributed by atoms with Crippen molar-refractivity contribution >= 4 is 0 Å². The minimum Gasteiger partial charge on any atom is -0.460 e. The Bertz CT molecular complexity index is 289. The molecule has 2 aliphatic heterocycles. The Labute approximate surface area is 69.8 Å². The van der Waals surface area contributed by atoms with E-state index in [1.165, 1.54) is 0 Å². The van der Waals surface area contributed by atoms with E-state index < -0.39 is 0 Å². The molecular weight excluding hydrogens is 156 g/mol. The molecule has 0 amide bonds. The van der Waals surface area contributed by atoms with Gasteiger partial charge in [0, 0.05) is 12.4 Å². The zero-order chi connectivity index (χ0) is 8.23. The molecule has 62 valence electrons. The second-order valence-electron chi connectivity index (χ2n) is 2.22. The van der Waals surface area contributed by atoms with Crippen molar-refractivity contribution < 1.29 is 9.57 Å². The third kappa shape index (κ3) is 1.27. The minimum absolute atomic E-state index is 0.696. The van der Waals surface area contributed by atoms with Crippen LogP contribution in [0.3, 0.4) is 0 Å². The van der Waals surface area contributed by atoms with Crippen LogP contribution in [0.1, 0.15) is 0 Å². The Kier molecular flexibility index (Phi) is 1.74. The number of nitrogens with one attached hydrogen (secondary N) is 2. The molecule has 2 aliphatic rings. The van der Waals surface area contributed by atoms with Crippen molar-refractivity contribution in [3.05, 3.63) is 48.5 Å². The molecule has 12 heavy (non-hydrogen) atoms. The van der Waals surface area contributed by atoms with Gasteiger partial charge in [-0.2, -0.15) is 0 Å². The molecule has 0 unspecified atom stereocenters. The number of hydrogen-bond acceptors (Lipinski definition) is 4. The summed E-state index contributed by atoms with van der Waals surface area (Å²) >= 11 is 0. The van der Waals surface area contributed by atoms with Gasteiger partial charge in [0.1, 0.15) is 18.2 Å². The highest BCUT2D eigenvalue weighted by Gasteiger charge is 2.08. The van der Waals surface area contributed by atoms with E-state index in [0.29, 0.717) is 5.76 Å². The van der Waals surface area contributed by atoms with E-state index in [0.717, 1.165) is 5.70 Å². The highest BCUT2D eigenvalue weighted by atomic mass is 16.6. The number of allylic oxidation sites excluding steroid dienone is 2. The second kappa shape index (κ2) is 3.04. The molecule has 0 saturated carbocycles. The van der Waals surface area contributed by atoms with Crippen LogP contribution in [-0.4, -0.2) is 0 Å². The van der Waals surface area contributed by atoms with Crippen molar-refractivity contribution in [2.45, 2.75) is 0 Å². The quantitative estimate of drug-likeness (QED) is 0.603. The predicted molar refractivity (Wildman–Crippen MR) is 42.9 cm³/mol. The zero-order valence-electron chi connectivity index (χ0n) is 6.28. The molecule has 0 aromatic carbocycles. The first-order chi connectivity index (χ1) is 5.97. The summed E-state index contributed by atoms with van der Waals surface area (Å²) in [4.78, 5) is 4.86. The van der Waals surface area contributed by atoms with Gasteiger partial charge in [-0.1, -0.05) is 0 Å². The van der Waals surface area contributed by atoms with E-state index in [2.05, 4.69) is 10.8 Å². The topological polar surface area (TPSA) is 42.5 Å². The summed E-state index contributed by atoms with van der Waals surface area (Å²) < 4.78 is 5.19. The van der Waals surface area contributed by atoms with Crippen molar-refractivity contribution in [1.82, 2.24) is 10.8 Å². The number of rotatable bonds is 1. The third-order valence-electron chi connectivity index (χ3n) is 1.42. The fourth-order valence-corrected chi connectivity index (χ4v) is 0.884. The first kappa shape index (κ1) is 6.84. The van der Waals surface area contributed by atoms with Gasteiger partial charge in [0.25, 0.3) is 0 Å². The molecular formula is C8H8N2O2. The average Bonchev–Trinajstić information content (AvgIpc) is 2.21. The fourth-order valence-electron chi connectivity index (χ4n) is 0.884. The maximum Gasteiger partial charge on any atom is 0.168 e. The largest absolute Gasteiger partial charge is 0.460 e. The van der Waals surface area contributed by atoms with Crippen molar-refractivity contribution in [2.24, 2.45) is 0 Å². The van der Waals surface area contributed by atoms with Crippen molar-refractivity contribution in [3.8, 4) is 0 Å². The number of hydrogen-bond donors (Lipinski definition) is 2. The van der Waals surface area contributed by atoms with E-state index in [-0.39, 0.29) is 0 Å². The molecule has 0 aromatic heterocycles. The number of ether oxygens (including phenoxy) is 1. The summed E-state index contributed by atoms with van der Waals surface area (Å²) in [5.41, 5.74) is 3.48. The lowest BCUT2D eigenvalue weighted by Crippen LogP contribution is -2.18. The predicted octanol–water partition coefficient (Wildman–Crippen LogP) is 0.851. The highest BCUT2D eigenvalue weighted by molar-refractivity contribution is 5.29. The third-order valence-corrected chi connectivity index (χ3v) is 1.42. The molecule has 2 heterocycles. The molecule has 0 bridgehead atoms. The summed E-state index contributed by atoms with van der Waals surface area (Å²) in [7, 11) is 0. The normalized spacial score (nSPS) is 19.3. The fraction of sp³-hybridized carbons (Fsp3) is 0. The Morgan fingerprint density at radius 1 is 1.25 bits per heavy atom. The summed E-state index contributed by atoms with van der Waals surface area (Å²) in [6.45, 7) is 0. The molecule has 2 rings (SSSR count). The molecule has 2 N–H and O–H groups in total. The molecule has 0 saturated heterocycles. The van der Waals surface area contributed by atoms with E-state index >= 15 is 0 Å². The van der Waals surface area contributed by atoms with Crippen LogP contribution in [0.15, 0.2) is 48.5 Å². The van der Waals surface area contributed by atoms with Gasteiger partial charge in [0.15, 0.2) is 5.76 Å². The first-order valence-electron chi connectivity index (χ1n) is 3.53. The van der Waals surface area contributed by atoms with Gasteiger partial charge >= 0.3 is 0 Å². The van der Waals surface area contributed by atoms with E-state index in [4.69, 9.17) is 9.57 Å². The van der Waals surface area contributed by atoms with Gasteiger partial charge in [-0.25, -0.2) is 5.48 Å². The van der Waals surface area contributed by atoms with Crippen molar-refractivity contribution in [1.29, 1.82) is 0 Å². The smallest absolute Gasteiger partial charge is 0.168 e. The molecule has 0 aliphatic carbocycles. The monoisotopic (exact) mass is 164 g/mol. The summed E-state index contributed by atoms with van der Waals surface area (Å²) in [5, 5.41) is 2.90. The van der Waals surface area contributed by atoms with Gasteiger partial charge in [0.05, 0.1) is 0 Å². The van der Waals surface area contributed by atoms with Crippen LogP contribution in [0.5, 0.6) is 0 Å². The lowest BCUT2D eigenvalue weighted by atomic mass is 10.3. The standard InChI is InChI=1S/C8H8N2O2/c1-2-7(10-12-4-1)8-6-9-3-5-11-8/h1-6,9-10H. The van der Waals surface area contributed by atoms with Crippen molar-refractivity contribution in [3.63, 3.8) is 0 Å². The van der Waals surface area contributed by atoms with Crippen LogP contribution in [0.4, 0.5) is 0 Å². The van der Waals surface area contributed by atoms with Crippen LogP contribution in [0, 0.1) is 0 Å². The van der Waals surface area contributed by atoms with Crippen LogP contribution < -0.4 is 10.8 Å². The maximum atomic E-state index is 5.19. The van der Waals surface area contributed by atoms with Gasteiger partial charge in [-0.05, 0) is 12.2 Å². The SMILES string of the molecule is C1=CONC(C2=CNC=CO2)=C1. The average molecular weight is 164 g/mol. The van der Waals surface area contributed by atoms with Crippen LogP contribution >= 0.6 is 0 Å². The first-order valence-corrected chi connectivity index (χ1v) is 3.53. The van der Waals surface area contributed by atoms with E-state index in [1.54, 1.807) is 31.0 Å². The summed E-state index contributed by atoms with van der Waals surface area (Å²) in [6, 6.07) is 0. The molecule has 0 fully saturated rings. The van der Waals surface area contributed by atoms with E-state index in [9.17, 15) is 0 Å². The Morgan fingerprint density at radius 2 is 2.25 bits per heavy atom. The zero-order valence-corrected chi connectivity index (χ0v) is 6.28. The van der Waals surface area contributed by atoms with Gasteiger partial charge in [-0.15, -0.1) is 0 Å². The van der Waals surface area contributed by atoms with Gasteiger partial charge in [0.2, 0.25) is 0 Å². The lowest BCUT2D eigenvalue weighted by molar-refractivity contribution is 0.152. The molecule has 0 aromatic rings. The Morgan fingerprint density at radius 3 is 2.92 bits per heavy atom. The van der Waals surface area contributed by atoms with Gasteiger partial charge in [-0.3, -0.25) is 0 Å². The second-order valence-corrected chi connectivity index (χ2v) is 2.22. The molecule has 4 nitrogen and oxygen atoms in total. The number of hydroxylamine groups is 1.